The summed E-state index contributed by atoms with van der Waals surface area (Å²) >= 11 is 5.84. The Labute approximate surface area is 124 Å². The average molecular weight is 308 g/mol. The Bertz CT molecular complexity index is 702. The van der Waals surface area contributed by atoms with Crippen LogP contribution >= 0.6 is 11.6 Å². The van der Waals surface area contributed by atoms with E-state index in [9.17, 15) is 14.7 Å². The summed E-state index contributed by atoms with van der Waals surface area (Å²) in [5.41, 5.74) is -0.159. The Balaban J connectivity index is 2.12. The highest BCUT2D eigenvalue weighted by atomic mass is 35.5. The van der Waals surface area contributed by atoms with E-state index < -0.39 is 17.8 Å². The molecule has 0 aliphatic carbocycles. The molecule has 0 saturated carbocycles. The van der Waals surface area contributed by atoms with E-state index in [1.807, 2.05) is 0 Å². The molecule has 3 N–H and O–H groups in total. The molecule has 1 amide bonds. The summed E-state index contributed by atoms with van der Waals surface area (Å²) in [6.07, 6.45) is -0.829. The van der Waals surface area contributed by atoms with Crippen LogP contribution in [-0.4, -0.2) is 22.3 Å². The molecule has 0 radical (unpaired) electrons. The third-order valence-corrected chi connectivity index (χ3v) is 2.82. The van der Waals surface area contributed by atoms with Crippen molar-refractivity contribution in [2.45, 2.75) is 0 Å². The number of hydrogen-bond donors (Lipinski definition) is 3. The molecule has 0 saturated heterocycles. The van der Waals surface area contributed by atoms with Gasteiger partial charge in [0.15, 0.2) is 5.75 Å². The fourth-order valence-corrected chi connectivity index (χ4v) is 1.73. The van der Waals surface area contributed by atoms with Crippen LogP contribution in [-0.2, 0) is 0 Å². The zero-order valence-corrected chi connectivity index (χ0v) is 11.3. The van der Waals surface area contributed by atoms with Gasteiger partial charge < -0.3 is 14.9 Å². The third-order valence-electron chi connectivity index (χ3n) is 2.51. The summed E-state index contributed by atoms with van der Waals surface area (Å²) in [6, 6.07) is 10.0. The number of benzene rings is 2. The molecule has 6 nitrogen and oxygen atoms in total. The van der Waals surface area contributed by atoms with Gasteiger partial charge in [0.2, 0.25) is 0 Å². The summed E-state index contributed by atoms with van der Waals surface area (Å²) in [7, 11) is 0. The van der Waals surface area contributed by atoms with Gasteiger partial charge in [-0.05, 0) is 30.3 Å². The van der Waals surface area contributed by atoms with Crippen molar-refractivity contribution < 1.29 is 24.5 Å². The standard InChI is InChI=1S/C14H10ClNO5/c15-10-3-1-2-4-12(10)21-14(20)16-8-5-6-11(17)9(7-8)13(18)19/h1-7,17H,(H,16,20)(H,18,19). The predicted octanol–water partition coefficient (Wildman–Crippen LogP) is 3.35. The second-order valence-corrected chi connectivity index (χ2v) is 4.39. The van der Waals surface area contributed by atoms with Crippen LogP contribution in [0.1, 0.15) is 10.4 Å². The van der Waals surface area contributed by atoms with Gasteiger partial charge in [0.25, 0.3) is 0 Å². The van der Waals surface area contributed by atoms with Crippen LogP contribution in [0, 0.1) is 0 Å². The minimum absolute atomic E-state index is 0.169. The van der Waals surface area contributed by atoms with Crippen LogP contribution in [0.5, 0.6) is 11.5 Å². The number of nitrogens with one attached hydrogen (secondary N) is 1. The number of halogens is 1. The first-order chi connectivity index (χ1) is 9.97. The van der Waals surface area contributed by atoms with E-state index in [1.54, 1.807) is 18.2 Å². The minimum atomic E-state index is -1.31. The molecule has 0 aromatic heterocycles. The maximum atomic E-state index is 11.7. The Hall–Kier alpha value is -2.73. The second kappa shape index (κ2) is 6.15. The number of carbonyl (C=O) groups excluding carboxylic acids is 1. The first-order valence-electron chi connectivity index (χ1n) is 5.77. The number of anilines is 1. The van der Waals surface area contributed by atoms with Gasteiger partial charge in [0.05, 0.1) is 5.02 Å². The summed E-state index contributed by atoms with van der Waals surface area (Å²) in [6.45, 7) is 0. The molecule has 0 fully saturated rings. The topological polar surface area (TPSA) is 95.9 Å². The van der Waals surface area contributed by atoms with E-state index in [-0.39, 0.29) is 22.0 Å². The lowest BCUT2D eigenvalue weighted by Crippen LogP contribution is -2.17. The van der Waals surface area contributed by atoms with Gasteiger partial charge in [-0.25, -0.2) is 9.59 Å². The maximum absolute atomic E-state index is 11.7. The number of phenols is 1. The maximum Gasteiger partial charge on any atom is 0.417 e. The van der Waals surface area contributed by atoms with Crippen LogP contribution in [0.25, 0.3) is 0 Å². The normalized spacial score (nSPS) is 9.95. The number of carbonyl (C=O) groups is 2. The van der Waals surface area contributed by atoms with Gasteiger partial charge in [-0.2, -0.15) is 0 Å². The van der Waals surface area contributed by atoms with Gasteiger partial charge >= 0.3 is 12.1 Å². The first kappa shape index (κ1) is 14.7. The summed E-state index contributed by atoms with van der Waals surface area (Å²) in [5, 5.41) is 20.9. The highest BCUT2D eigenvalue weighted by Gasteiger charge is 2.13. The molecule has 0 aliphatic rings. The quantitative estimate of drug-likeness (QED) is 0.756. The molecule has 2 aromatic rings. The summed E-state index contributed by atoms with van der Waals surface area (Å²) in [5.74, 6) is -1.53. The number of carboxylic acids is 1. The highest BCUT2D eigenvalue weighted by molar-refractivity contribution is 6.32. The molecule has 0 unspecified atom stereocenters. The number of aromatic carboxylic acids is 1. The number of rotatable bonds is 3. The number of hydrogen-bond acceptors (Lipinski definition) is 4. The first-order valence-corrected chi connectivity index (χ1v) is 6.15. The van der Waals surface area contributed by atoms with Crippen LogP contribution in [0.3, 0.4) is 0 Å². The SMILES string of the molecule is O=C(Nc1ccc(O)c(C(=O)O)c1)Oc1ccccc1Cl. The molecular weight excluding hydrogens is 298 g/mol. The summed E-state index contributed by atoms with van der Waals surface area (Å²) < 4.78 is 4.99. The number of para-hydroxylation sites is 1. The van der Waals surface area contributed by atoms with Gasteiger partial charge in [0.1, 0.15) is 11.3 Å². The van der Waals surface area contributed by atoms with Crippen molar-refractivity contribution in [3.05, 3.63) is 53.1 Å². The van der Waals surface area contributed by atoms with Crippen LogP contribution in [0.4, 0.5) is 10.5 Å². The van der Waals surface area contributed by atoms with Crippen molar-refractivity contribution in [1.82, 2.24) is 0 Å². The monoisotopic (exact) mass is 307 g/mol. The molecule has 0 bridgehead atoms. The van der Waals surface area contributed by atoms with Crippen molar-refractivity contribution in [1.29, 1.82) is 0 Å². The molecule has 0 heterocycles. The van der Waals surface area contributed by atoms with Gasteiger partial charge in [-0.1, -0.05) is 23.7 Å². The number of aromatic hydroxyl groups is 1. The largest absolute Gasteiger partial charge is 0.507 e. The third kappa shape index (κ3) is 3.64. The van der Waals surface area contributed by atoms with Crippen molar-refractivity contribution in [2.75, 3.05) is 5.32 Å². The molecule has 0 atom stereocenters. The fraction of sp³-hybridized carbons (Fsp3) is 0. The molecule has 2 rings (SSSR count). The van der Waals surface area contributed by atoms with Gasteiger partial charge in [-0.3, -0.25) is 5.32 Å². The molecule has 108 valence electrons. The lowest BCUT2D eigenvalue weighted by Gasteiger charge is -2.08. The Morgan fingerprint density at radius 2 is 1.86 bits per heavy atom. The van der Waals surface area contributed by atoms with Crippen LogP contribution < -0.4 is 10.1 Å². The summed E-state index contributed by atoms with van der Waals surface area (Å²) in [4.78, 5) is 22.6. The van der Waals surface area contributed by atoms with E-state index in [2.05, 4.69) is 5.32 Å². The van der Waals surface area contributed by atoms with Crippen molar-refractivity contribution >= 4 is 29.4 Å². The van der Waals surface area contributed by atoms with Crippen LogP contribution in [0.2, 0.25) is 5.02 Å². The van der Waals surface area contributed by atoms with E-state index in [4.69, 9.17) is 21.4 Å². The van der Waals surface area contributed by atoms with E-state index >= 15 is 0 Å². The van der Waals surface area contributed by atoms with Gasteiger partial charge in [0, 0.05) is 5.69 Å². The molecule has 7 heteroatoms. The number of carboxylic acid groups (broad SMARTS) is 1. The molecular formula is C14H10ClNO5. The number of ether oxygens (including phenoxy) is 1. The number of amides is 1. The Morgan fingerprint density at radius 3 is 2.52 bits per heavy atom. The van der Waals surface area contributed by atoms with Crippen molar-refractivity contribution in [3.63, 3.8) is 0 Å². The van der Waals surface area contributed by atoms with Crippen molar-refractivity contribution in [3.8, 4) is 11.5 Å². The predicted molar refractivity (Wildman–Crippen MR) is 76.2 cm³/mol. The lowest BCUT2D eigenvalue weighted by atomic mass is 10.2. The second-order valence-electron chi connectivity index (χ2n) is 3.98. The lowest BCUT2D eigenvalue weighted by molar-refractivity contribution is 0.0693. The fourth-order valence-electron chi connectivity index (χ4n) is 1.56. The van der Waals surface area contributed by atoms with E-state index in [0.29, 0.717) is 0 Å². The molecule has 21 heavy (non-hydrogen) atoms. The van der Waals surface area contributed by atoms with E-state index in [0.717, 1.165) is 12.1 Å². The Morgan fingerprint density at radius 1 is 1.14 bits per heavy atom. The van der Waals surface area contributed by atoms with Gasteiger partial charge in [-0.15, -0.1) is 0 Å². The Kier molecular flexibility index (Phi) is 4.30. The van der Waals surface area contributed by atoms with Crippen molar-refractivity contribution in [2.24, 2.45) is 0 Å². The zero-order valence-electron chi connectivity index (χ0n) is 10.5. The minimum Gasteiger partial charge on any atom is -0.507 e. The van der Waals surface area contributed by atoms with Crippen LogP contribution in [0.15, 0.2) is 42.5 Å². The molecule has 0 spiro atoms. The average Bonchev–Trinajstić information content (AvgIpc) is 2.43. The van der Waals surface area contributed by atoms with E-state index in [1.165, 1.54) is 12.1 Å². The zero-order chi connectivity index (χ0) is 15.4. The smallest absolute Gasteiger partial charge is 0.417 e. The highest BCUT2D eigenvalue weighted by Crippen LogP contribution is 2.24. The molecule has 2 aromatic carbocycles. The molecule has 0 aliphatic heterocycles.